The number of nitrogens with one attached hydrogen (secondary N) is 1. The molecule has 1 saturated heterocycles. The quantitative estimate of drug-likeness (QED) is 0.777. The van der Waals surface area contributed by atoms with Crippen molar-refractivity contribution in [3.05, 3.63) is 68.9 Å². The Balaban J connectivity index is 2.00. The van der Waals surface area contributed by atoms with Gasteiger partial charge in [0, 0.05) is 22.0 Å². The molecule has 110 valence electrons. The number of benzene rings is 2. The Bertz CT molecular complexity index is 646. The first-order valence-corrected chi connectivity index (χ1v) is 8.23. The van der Waals surface area contributed by atoms with E-state index in [1.54, 1.807) is 6.07 Å². The summed E-state index contributed by atoms with van der Waals surface area (Å²) in [6.07, 6.45) is 0.921. The molecule has 0 spiro atoms. The van der Waals surface area contributed by atoms with Crippen LogP contribution in [0.2, 0.25) is 5.02 Å². The number of hydrogen-bond acceptors (Lipinski definition) is 1. The summed E-state index contributed by atoms with van der Waals surface area (Å²) in [5, 5.41) is 4.14. The van der Waals surface area contributed by atoms with E-state index >= 15 is 0 Å². The van der Waals surface area contributed by atoms with Crippen molar-refractivity contribution in [3.8, 4) is 0 Å². The first-order chi connectivity index (χ1) is 10.1. The van der Waals surface area contributed by atoms with Crippen molar-refractivity contribution in [2.24, 2.45) is 0 Å². The van der Waals surface area contributed by atoms with Gasteiger partial charge in [-0.05, 0) is 60.3 Å². The summed E-state index contributed by atoms with van der Waals surface area (Å²) in [6, 6.07) is 13.1. The molecule has 1 nitrogen and oxygen atoms in total. The van der Waals surface area contributed by atoms with Gasteiger partial charge in [0.25, 0.3) is 0 Å². The maximum absolute atomic E-state index is 14.3. The molecule has 2 aromatic carbocycles. The lowest BCUT2D eigenvalue weighted by molar-refractivity contribution is 0.393. The smallest absolute Gasteiger partial charge is 0.126 e. The molecule has 4 heteroatoms. The summed E-state index contributed by atoms with van der Waals surface area (Å²) in [7, 11) is 0. The highest BCUT2D eigenvalue weighted by molar-refractivity contribution is 9.10. The average molecular weight is 369 g/mol. The first kappa shape index (κ1) is 15.0. The molecule has 1 N–H and O–H groups in total. The van der Waals surface area contributed by atoms with Crippen molar-refractivity contribution < 1.29 is 4.39 Å². The third-order valence-electron chi connectivity index (χ3n) is 4.12. The van der Waals surface area contributed by atoms with Gasteiger partial charge in [-0.2, -0.15) is 0 Å². The van der Waals surface area contributed by atoms with E-state index in [0.29, 0.717) is 0 Å². The summed E-state index contributed by atoms with van der Waals surface area (Å²) in [4.78, 5) is 0. The van der Waals surface area contributed by atoms with Crippen molar-refractivity contribution in [2.45, 2.75) is 18.3 Å². The zero-order chi connectivity index (χ0) is 14.8. The SMILES string of the molecule is Fc1ccc(Br)cc1C1CCNCC1c1cccc(Cl)c1. The van der Waals surface area contributed by atoms with Gasteiger partial charge in [0.2, 0.25) is 0 Å². The Labute approximate surface area is 137 Å². The van der Waals surface area contributed by atoms with Gasteiger partial charge in [0.05, 0.1) is 0 Å². The van der Waals surface area contributed by atoms with Gasteiger partial charge in [0.15, 0.2) is 0 Å². The standard InChI is InChI=1S/C17H16BrClFN/c18-12-4-5-17(20)15(9-12)14-6-7-21-10-16(14)11-2-1-3-13(19)8-11/h1-5,8-9,14,16,21H,6-7,10H2. The molecule has 1 aliphatic rings. The summed E-state index contributed by atoms with van der Waals surface area (Å²) < 4.78 is 15.2. The number of piperidine rings is 1. The second kappa shape index (κ2) is 6.47. The van der Waals surface area contributed by atoms with Gasteiger partial charge in [-0.15, -0.1) is 0 Å². The Kier molecular flexibility index (Phi) is 4.63. The van der Waals surface area contributed by atoms with Crippen molar-refractivity contribution in [1.82, 2.24) is 5.32 Å². The van der Waals surface area contributed by atoms with E-state index in [9.17, 15) is 4.39 Å². The maximum atomic E-state index is 14.3. The third kappa shape index (κ3) is 3.31. The van der Waals surface area contributed by atoms with Crippen LogP contribution in [0.1, 0.15) is 29.4 Å². The van der Waals surface area contributed by atoms with Crippen molar-refractivity contribution in [3.63, 3.8) is 0 Å². The predicted octanol–water partition coefficient (Wildman–Crippen LogP) is 5.10. The molecule has 2 aromatic rings. The molecule has 2 unspecified atom stereocenters. The third-order valence-corrected chi connectivity index (χ3v) is 4.84. The van der Waals surface area contributed by atoms with E-state index in [4.69, 9.17) is 11.6 Å². The summed E-state index contributed by atoms with van der Waals surface area (Å²) in [6.45, 7) is 1.75. The Morgan fingerprint density at radius 1 is 1.14 bits per heavy atom. The van der Waals surface area contributed by atoms with Crippen LogP contribution >= 0.6 is 27.5 Å². The van der Waals surface area contributed by atoms with Crippen LogP contribution in [0.4, 0.5) is 4.39 Å². The summed E-state index contributed by atoms with van der Waals surface area (Å²) >= 11 is 9.56. The average Bonchev–Trinajstić information content (AvgIpc) is 2.50. The highest BCUT2D eigenvalue weighted by atomic mass is 79.9. The van der Waals surface area contributed by atoms with Crippen molar-refractivity contribution in [1.29, 1.82) is 0 Å². The molecule has 0 amide bonds. The minimum absolute atomic E-state index is 0.128. The number of hydrogen-bond donors (Lipinski definition) is 1. The monoisotopic (exact) mass is 367 g/mol. The van der Waals surface area contributed by atoms with E-state index in [-0.39, 0.29) is 17.7 Å². The molecule has 0 radical (unpaired) electrons. The van der Waals surface area contributed by atoms with Crippen LogP contribution in [0.3, 0.4) is 0 Å². The second-order valence-electron chi connectivity index (χ2n) is 5.43. The zero-order valence-corrected chi connectivity index (χ0v) is 13.8. The fourth-order valence-corrected chi connectivity index (χ4v) is 3.69. The minimum Gasteiger partial charge on any atom is -0.316 e. The molecule has 3 rings (SSSR count). The number of rotatable bonds is 2. The van der Waals surface area contributed by atoms with E-state index in [0.717, 1.165) is 34.6 Å². The maximum Gasteiger partial charge on any atom is 0.126 e. The highest BCUT2D eigenvalue weighted by Gasteiger charge is 2.29. The van der Waals surface area contributed by atoms with E-state index in [2.05, 4.69) is 27.3 Å². The van der Waals surface area contributed by atoms with Crippen LogP contribution in [0, 0.1) is 5.82 Å². The lowest BCUT2D eigenvalue weighted by Gasteiger charge is -2.33. The molecule has 21 heavy (non-hydrogen) atoms. The topological polar surface area (TPSA) is 12.0 Å². The summed E-state index contributed by atoms with van der Waals surface area (Å²) in [5.41, 5.74) is 1.95. The molecule has 1 fully saturated rings. The van der Waals surface area contributed by atoms with Gasteiger partial charge >= 0.3 is 0 Å². The fraction of sp³-hybridized carbons (Fsp3) is 0.294. The molecule has 0 saturated carbocycles. The van der Waals surface area contributed by atoms with E-state index < -0.39 is 0 Å². The van der Waals surface area contributed by atoms with Crippen LogP contribution in [0.25, 0.3) is 0 Å². The second-order valence-corrected chi connectivity index (χ2v) is 6.78. The first-order valence-electron chi connectivity index (χ1n) is 7.06. The lowest BCUT2D eigenvalue weighted by Crippen LogP contribution is -2.34. The normalized spacial score (nSPS) is 22.2. The van der Waals surface area contributed by atoms with E-state index in [1.807, 2.05) is 24.3 Å². The molecule has 0 bridgehead atoms. The Hall–Kier alpha value is -0.900. The van der Waals surface area contributed by atoms with Gasteiger partial charge in [-0.3, -0.25) is 0 Å². The van der Waals surface area contributed by atoms with Gasteiger partial charge in [0.1, 0.15) is 5.82 Å². The van der Waals surface area contributed by atoms with E-state index in [1.165, 1.54) is 11.6 Å². The molecule has 1 aliphatic heterocycles. The van der Waals surface area contributed by atoms with Crippen molar-refractivity contribution >= 4 is 27.5 Å². The Morgan fingerprint density at radius 3 is 2.81 bits per heavy atom. The van der Waals surface area contributed by atoms with Crippen LogP contribution in [0.5, 0.6) is 0 Å². The van der Waals surface area contributed by atoms with Gasteiger partial charge in [-0.25, -0.2) is 4.39 Å². The van der Waals surface area contributed by atoms with Crippen LogP contribution in [-0.4, -0.2) is 13.1 Å². The molecule has 2 atom stereocenters. The minimum atomic E-state index is -0.128. The largest absolute Gasteiger partial charge is 0.316 e. The Morgan fingerprint density at radius 2 is 2.00 bits per heavy atom. The highest BCUT2D eigenvalue weighted by Crippen LogP contribution is 2.39. The van der Waals surface area contributed by atoms with Crippen LogP contribution in [-0.2, 0) is 0 Å². The number of halogens is 3. The summed E-state index contributed by atoms with van der Waals surface area (Å²) in [5.74, 6) is 0.278. The van der Waals surface area contributed by atoms with Crippen LogP contribution in [0.15, 0.2) is 46.9 Å². The predicted molar refractivity (Wildman–Crippen MR) is 88.5 cm³/mol. The van der Waals surface area contributed by atoms with Gasteiger partial charge < -0.3 is 5.32 Å². The van der Waals surface area contributed by atoms with Gasteiger partial charge in [-0.1, -0.05) is 39.7 Å². The molecular formula is C17H16BrClFN. The molecule has 0 aromatic heterocycles. The fourth-order valence-electron chi connectivity index (χ4n) is 3.12. The lowest BCUT2D eigenvalue weighted by atomic mass is 9.77. The van der Waals surface area contributed by atoms with Crippen LogP contribution < -0.4 is 5.32 Å². The molecule has 0 aliphatic carbocycles. The molecular weight excluding hydrogens is 353 g/mol. The zero-order valence-electron chi connectivity index (χ0n) is 11.5. The van der Waals surface area contributed by atoms with Crippen molar-refractivity contribution in [2.75, 3.05) is 13.1 Å². The molecule has 1 heterocycles.